The number of sulfonamides is 1. The first kappa shape index (κ1) is 18.8. The summed E-state index contributed by atoms with van der Waals surface area (Å²) in [5.74, 6) is -1.55. The van der Waals surface area contributed by atoms with Gasteiger partial charge in [-0.05, 0) is 44.5 Å². The SMILES string of the molecule is Cc1ccc(F)c(S(=O)(=O)NC(=O)c2c(C)nn(C)c2-n2ccc(C)n2)c1. The molecule has 3 rings (SSSR count). The number of carbonyl (C=O) groups is 1. The molecule has 0 bridgehead atoms. The molecule has 0 unspecified atom stereocenters. The molecule has 0 fully saturated rings. The van der Waals surface area contributed by atoms with Crippen molar-refractivity contribution in [3.8, 4) is 5.82 Å². The van der Waals surface area contributed by atoms with Crippen LogP contribution in [0.3, 0.4) is 0 Å². The molecular weight excluding hydrogens is 373 g/mol. The normalized spacial score (nSPS) is 11.6. The Balaban J connectivity index is 2.03. The van der Waals surface area contributed by atoms with E-state index in [2.05, 4.69) is 10.2 Å². The van der Waals surface area contributed by atoms with E-state index in [4.69, 9.17) is 0 Å². The molecule has 0 aliphatic heterocycles. The molecule has 3 aromatic rings. The van der Waals surface area contributed by atoms with Crippen molar-refractivity contribution in [1.29, 1.82) is 0 Å². The Morgan fingerprint density at radius 1 is 1.15 bits per heavy atom. The Morgan fingerprint density at radius 3 is 2.48 bits per heavy atom. The highest BCUT2D eigenvalue weighted by Crippen LogP contribution is 2.20. The van der Waals surface area contributed by atoms with E-state index >= 15 is 0 Å². The van der Waals surface area contributed by atoms with E-state index in [1.807, 2.05) is 4.72 Å². The van der Waals surface area contributed by atoms with E-state index in [9.17, 15) is 17.6 Å². The molecular formula is C17H18FN5O3S. The van der Waals surface area contributed by atoms with Gasteiger partial charge in [-0.15, -0.1) is 0 Å². The highest BCUT2D eigenvalue weighted by Gasteiger charge is 2.28. The molecule has 1 aromatic carbocycles. The van der Waals surface area contributed by atoms with Gasteiger partial charge in [0.15, 0.2) is 5.82 Å². The lowest BCUT2D eigenvalue weighted by atomic mass is 10.2. The van der Waals surface area contributed by atoms with E-state index in [0.29, 0.717) is 17.1 Å². The number of amides is 1. The number of benzene rings is 1. The van der Waals surface area contributed by atoms with Gasteiger partial charge in [0.05, 0.1) is 11.4 Å². The first-order valence-electron chi connectivity index (χ1n) is 7.99. The summed E-state index contributed by atoms with van der Waals surface area (Å²) in [5, 5.41) is 8.42. The van der Waals surface area contributed by atoms with E-state index in [-0.39, 0.29) is 5.56 Å². The summed E-state index contributed by atoms with van der Waals surface area (Å²) < 4.78 is 43.9. The van der Waals surface area contributed by atoms with Crippen molar-refractivity contribution >= 4 is 15.9 Å². The van der Waals surface area contributed by atoms with Crippen LogP contribution in [0.4, 0.5) is 4.39 Å². The number of aryl methyl sites for hydroxylation is 4. The Morgan fingerprint density at radius 2 is 1.85 bits per heavy atom. The molecule has 0 radical (unpaired) electrons. The second kappa shape index (κ2) is 6.62. The standard InChI is InChI=1S/C17H18FN5O3S/c1-10-5-6-13(18)14(9-10)27(25,26)21-16(24)15-12(3)20-22(4)17(15)23-8-7-11(2)19-23/h5-9H,1-4H3,(H,21,24). The second-order valence-corrected chi connectivity index (χ2v) is 7.83. The molecule has 0 spiro atoms. The van der Waals surface area contributed by atoms with Crippen molar-refractivity contribution in [2.75, 3.05) is 0 Å². The number of nitrogens with zero attached hydrogens (tertiary/aromatic N) is 4. The molecule has 0 saturated heterocycles. The number of hydrogen-bond acceptors (Lipinski definition) is 5. The molecule has 142 valence electrons. The smallest absolute Gasteiger partial charge is 0.268 e. The maximum absolute atomic E-state index is 14.0. The molecule has 2 aromatic heterocycles. The van der Waals surface area contributed by atoms with E-state index in [1.54, 1.807) is 40.1 Å². The Kier molecular flexibility index (Phi) is 4.60. The molecule has 27 heavy (non-hydrogen) atoms. The molecule has 1 amide bonds. The maximum atomic E-state index is 14.0. The molecule has 0 aliphatic rings. The van der Waals surface area contributed by atoms with Crippen molar-refractivity contribution in [1.82, 2.24) is 24.3 Å². The van der Waals surface area contributed by atoms with Gasteiger partial charge in [-0.3, -0.25) is 4.79 Å². The minimum absolute atomic E-state index is 0.0391. The fourth-order valence-electron chi connectivity index (χ4n) is 2.75. The first-order valence-corrected chi connectivity index (χ1v) is 9.48. The second-order valence-electron chi connectivity index (χ2n) is 6.18. The van der Waals surface area contributed by atoms with Gasteiger partial charge in [0.1, 0.15) is 16.3 Å². The third kappa shape index (κ3) is 3.47. The molecule has 0 saturated carbocycles. The van der Waals surface area contributed by atoms with Crippen LogP contribution in [0.2, 0.25) is 0 Å². The van der Waals surface area contributed by atoms with Gasteiger partial charge in [0.25, 0.3) is 15.9 Å². The number of aromatic nitrogens is 4. The largest absolute Gasteiger partial charge is 0.270 e. The maximum Gasteiger partial charge on any atom is 0.270 e. The predicted molar refractivity (Wildman–Crippen MR) is 95.6 cm³/mol. The van der Waals surface area contributed by atoms with Crippen molar-refractivity contribution in [3.63, 3.8) is 0 Å². The van der Waals surface area contributed by atoms with Crippen molar-refractivity contribution < 1.29 is 17.6 Å². The van der Waals surface area contributed by atoms with Crippen LogP contribution >= 0.6 is 0 Å². The van der Waals surface area contributed by atoms with Gasteiger partial charge >= 0.3 is 0 Å². The summed E-state index contributed by atoms with van der Waals surface area (Å²) >= 11 is 0. The van der Waals surface area contributed by atoms with Crippen LogP contribution in [0, 0.1) is 26.6 Å². The van der Waals surface area contributed by atoms with Crippen molar-refractivity contribution in [2.24, 2.45) is 7.05 Å². The molecule has 1 N–H and O–H groups in total. The zero-order chi connectivity index (χ0) is 19.9. The fourth-order valence-corrected chi connectivity index (χ4v) is 3.87. The third-order valence-electron chi connectivity index (χ3n) is 3.96. The molecule has 2 heterocycles. The number of nitrogens with one attached hydrogen (secondary N) is 1. The average molecular weight is 391 g/mol. The lowest BCUT2D eigenvalue weighted by Crippen LogP contribution is -2.32. The summed E-state index contributed by atoms with van der Waals surface area (Å²) in [6.07, 6.45) is 1.64. The monoisotopic (exact) mass is 391 g/mol. The van der Waals surface area contributed by atoms with E-state index in [1.165, 1.54) is 21.5 Å². The zero-order valence-electron chi connectivity index (χ0n) is 15.2. The van der Waals surface area contributed by atoms with Crippen LogP contribution in [-0.2, 0) is 17.1 Å². The van der Waals surface area contributed by atoms with Crippen molar-refractivity contribution in [3.05, 3.63) is 58.8 Å². The minimum Gasteiger partial charge on any atom is -0.268 e. The summed E-state index contributed by atoms with van der Waals surface area (Å²) in [7, 11) is -2.79. The van der Waals surface area contributed by atoms with Gasteiger partial charge in [-0.2, -0.15) is 10.2 Å². The fraction of sp³-hybridized carbons (Fsp3) is 0.235. The number of carbonyl (C=O) groups excluding carboxylic acids is 1. The summed E-state index contributed by atoms with van der Waals surface area (Å²) in [6, 6.07) is 5.39. The lowest BCUT2D eigenvalue weighted by molar-refractivity contribution is 0.0980. The quantitative estimate of drug-likeness (QED) is 0.731. The highest BCUT2D eigenvalue weighted by atomic mass is 32.2. The van der Waals surface area contributed by atoms with Crippen LogP contribution in [0.1, 0.15) is 27.3 Å². The number of halogens is 1. The van der Waals surface area contributed by atoms with Crippen LogP contribution in [-0.4, -0.2) is 33.9 Å². The number of hydrogen-bond donors (Lipinski definition) is 1. The first-order chi connectivity index (χ1) is 12.6. The van der Waals surface area contributed by atoms with Gasteiger partial charge in [0, 0.05) is 13.2 Å². The Bertz CT molecular complexity index is 1150. The summed E-state index contributed by atoms with van der Waals surface area (Å²) in [5.41, 5.74) is 1.62. The van der Waals surface area contributed by atoms with Crippen molar-refractivity contribution in [2.45, 2.75) is 25.7 Å². The molecule has 0 aliphatic carbocycles. The molecule has 10 heteroatoms. The summed E-state index contributed by atoms with van der Waals surface area (Å²) in [6.45, 7) is 4.99. The van der Waals surface area contributed by atoms with Gasteiger partial charge in [-0.25, -0.2) is 26.9 Å². The third-order valence-corrected chi connectivity index (χ3v) is 5.31. The van der Waals surface area contributed by atoms with Gasteiger partial charge in [0.2, 0.25) is 0 Å². The number of rotatable bonds is 4. The zero-order valence-corrected chi connectivity index (χ0v) is 16.0. The van der Waals surface area contributed by atoms with Crippen LogP contribution in [0.5, 0.6) is 0 Å². The summed E-state index contributed by atoms with van der Waals surface area (Å²) in [4.78, 5) is 12.2. The van der Waals surface area contributed by atoms with Gasteiger partial charge in [-0.1, -0.05) is 6.07 Å². The highest BCUT2D eigenvalue weighted by molar-refractivity contribution is 7.90. The Labute approximate surface area is 155 Å². The molecule has 8 nitrogen and oxygen atoms in total. The Hall–Kier alpha value is -3.01. The topological polar surface area (TPSA) is 98.9 Å². The predicted octanol–water partition coefficient (Wildman–Crippen LogP) is 1.79. The van der Waals surface area contributed by atoms with Crippen LogP contribution in [0.25, 0.3) is 5.82 Å². The minimum atomic E-state index is -4.40. The average Bonchev–Trinajstić information content (AvgIpc) is 3.11. The van der Waals surface area contributed by atoms with Crippen LogP contribution in [0.15, 0.2) is 35.4 Å². The van der Waals surface area contributed by atoms with Crippen LogP contribution < -0.4 is 4.72 Å². The molecule has 0 atom stereocenters. The van der Waals surface area contributed by atoms with E-state index in [0.717, 1.165) is 11.8 Å². The van der Waals surface area contributed by atoms with E-state index < -0.39 is 26.6 Å². The van der Waals surface area contributed by atoms with Gasteiger partial charge < -0.3 is 0 Å². The lowest BCUT2D eigenvalue weighted by Gasteiger charge is -2.10.